The summed E-state index contributed by atoms with van der Waals surface area (Å²) < 4.78 is 0. The van der Waals surface area contributed by atoms with Crippen molar-refractivity contribution in [2.24, 2.45) is 17.8 Å². The van der Waals surface area contributed by atoms with E-state index in [9.17, 15) is 5.11 Å². The highest BCUT2D eigenvalue weighted by Crippen LogP contribution is 2.45. The first-order valence-electron chi connectivity index (χ1n) is 7.98. The molecule has 0 aromatic heterocycles. The minimum Gasteiger partial charge on any atom is -0.390 e. The van der Waals surface area contributed by atoms with E-state index in [1.54, 1.807) is 0 Å². The summed E-state index contributed by atoms with van der Waals surface area (Å²) in [4.78, 5) is 0. The fourth-order valence-corrected chi connectivity index (χ4v) is 4.52. The second-order valence-corrected chi connectivity index (χ2v) is 7.11. The van der Waals surface area contributed by atoms with E-state index in [0.29, 0.717) is 0 Å². The second-order valence-electron chi connectivity index (χ2n) is 7.11. The molecule has 0 amide bonds. The first-order chi connectivity index (χ1) is 8.25. The van der Waals surface area contributed by atoms with Gasteiger partial charge in [-0.2, -0.15) is 0 Å². The van der Waals surface area contributed by atoms with Gasteiger partial charge in [-0.3, -0.25) is 0 Å². The maximum absolute atomic E-state index is 10.7. The minimum atomic E-state index is -0.264. The van der Waals surface area contributed by atoms with Crippen molar-refractivity contribution >= 4 is 0 Å². The van der Waals surface area contributed by atoms with E-state index in [1.807, 2.05) is 0 Å². The van der Waals surface area contributed by atoms with Crippen molar-refractivity contribution < 1.29 is 5.11 Å². The molecule has 3 rings (SSSR count). The highest BCUT2D eigenvalue weighted by molar-refractivity contribution is 4.91. The van der Waals surface area contributed by atoms with Gasteiger partial charge in [0.2, 0.25) is 0 Å². The van der Waals surface area contributed by atoms with Gasteiger partial charge in [0.25, 0.3) is 0 Å². The lowest BCUT2D eigenvalue weighted by Crippen LogP contribution is -2.38. The lowest BCUT2D eigenvalue weighted by Gasteiger charge is -2.41. The van der Waals surface area contributed by atoms with Crippen LogP contribution in [-0.2, 0) is 0 Å². The fourth-order valence-electron chi connectivity index (χ4n) is 4.52. The molecule has 3 aliphatic carbocycles. The van der Waals surface area contributed by atoms with Gasteiger partial charge in [-0.05, 0) is 49.9 Å². The molecule has 3 fully saturated rings. The Bertz CT molecular complexity index is 242. The van der Waals surface area contributed by atoms with Crippen LogP contribution in [-0.4, -0.2) is 10.7 Å². The van der Waals surface area contributed by atoms with Crippen molar-refractivity contribution in [3.63, 3.8) is 0 Å². The number of hydrogen-bond acceptors (Lipinski definition) is 1. The van der Waals surface area contributed by atoms with Crippen molar-refractivity contribution in [3.8, 4) is 0 Å². The molecule has 1 heteroatoms. The molecule has 0 spiro atoms. The van der Waals surface area contributed by atoms with Crippen LogP contribution in [0.5, 0.6) is 0 Å². The van der Waals surface area contributed by atoms with Crippen molar-refractivity contribution in [2.45, 2.75) is 82.7 Å². The molecule has 98 valence electrons. The molecular formula is C16H28O. The van der Waals surface area contributed by atoms with Crippen LogP contribution in [0.3, 0.4) is 0 Å². The first-order valence-corrected chi connectivity index (χ1v) is 7.98. The van der Waals surface area contributed by atoms with Crippen LogP contribution in [0.15, 0.2) is 0 Å². The Morgan fingerprint density at radius 1 is 0.765 bits per heavy atom. The molecule has 0 radical (unpaired) electrons. The van der Waals surface area contributed by atoms with Crippen molar-refractivity contribution in [1.29, 1.82) is 0 Å². The second kappa shape index (κ2) is 4.91. The molecule has 1 N–H and O–H groups in total. The Kier molecular flexibility index (Phi) is 3.47. The normalized spacial score (nSPS) is 40.4. The number of hydrogen-bond donors (Lipinski definition) is 1. The third-order valence-electron chi connectivity index (χ3n) is 5.92. The standard InChI is InChI=1S/C16H28O/c17-16(12-13-4-3-5-13)10-8-15(9-11-16)14-6-1-2-7-14/h13-15,17H,1-12H2. The van der Waals surface area contributed by atoms with E-state index in [1.165, 1.54) is 57.8 Å². The Morgan fingerprint density at radius 2 is 1.35 bits per heavy atom. The lowest BCUT2D eigenvalue weighted by molar-refractivity contribution is -0.0438. The van der Waals surface area contributed by atoms with Gasteiger partial charge in [0.1, 0.15) is 0 Å². The average Bonchev–Trinajstić information content (AvgIpc) is 2.78. The van der Waals surface area contributed by atoms with Gasteiger partial charge < -0.3 is 5.11 Å². The van der Waals surface area contributed by atoms with Gasteiger partial charge in [-0.25, -0.2) is 0 Å². The van der Waals surface area contributed by atoms with Gasteiger partial charge in [-0.15, -0.1) is 0 Å². The minimum absolute atomic E-state index is 0.264. The summed E-state index contributed by atoms with van der Waals surface area (Å²) in [5.41, 5.74) is -0.264. The molecule has 1 nitrogen and oxygen atoms in total. The third-order valence-corrected chi connectivity index (χ3v) is 5.92. The molecule has 0 saturated heterocycles. The van der Waals surface area contributed by atoms with Crippen LogP contribution in [0.1, 0.15) is 77.0 Å². The maximum atomic E-state index is 10.7. The summed E-state index contributed by atoms with van der Waals surface area (Å²) in [5.74, 6) is 2.84. The van der Waals surface area contributed by atoms with Crippen LogP contribution in [0.25, 0.3) is 0 Å². The molecule has 0 aliphatic heterocycles. The molecule has 0 atom stereocenters. The number of aliphatic hydroxyl groups is 1. The Balaban J connectivity index is 1.48. The largest absolute Gasteiger partial charge is 0.390 e. The molecule has 17 heavy (non-hydrogen) atoms. The third kappa shape index (κ3) is 2.70. The zero-order valence-corrected chi connectivity index (χ0v) is 11.2. The Hall–Kier alpha value is -0.0400. The van der Waals surface area contributed by atoms with Crippen LogP contribution in [0.2, 0.25) is 0 Å². The van der Waals surface area contributed by atoms with Crippen LogP contribution in [0.4, 0.5) is 0 Å². The monoisotopic (exact) mass is 236 g/mol. The molecule has 3 aliphatic rings. The van der Waals surface area contributed by atoms with Gasteiger partial charge in [-0.1, -0.05) is 44.9 Å². The molecule has 0 unspecified atom stereocenters. The van der Waals surface area contributed by atoms with Crippen molar-refractivity contribution in [3.05, 3.63) is 0 Å². The molecular weight excluding hydrogens is 208 g/mol. The van der Waals surface area contributed by atoms with E-state index in [4.69, 9.17) is 0 Å². The Morgan fingerprint density at radius 3 is 1.88 bits per heavy atom. The van der Waals surface area contributed by atoms with Crippen LogP contribution < -0.4 is 0 Å². The van der Waals surface area contributed by atoms with Gasteiger partial charge in [0.15, 0.2) is 0 Å². The Labute approximate surface area is 106 Å². The summed E-state index contributed by atoms with van der Waals surface area (Å²) in [5, 5.41) is 10.7. The van der Waals surface area contributed by atoms with Gasteiger partial charge >= 0.3 is 0 Å². The zero-order chi connectivity index (χ0) is 11.7. The first kappa shape index (κ1) is 12.0. The summed E-state index contributed by atoms with van der Waals surface area (Å²) >= 11 is 0. The van der Waals surface area contributed by atoms with Crippen molar-refractivity contribution in [2.75, 3.05) is 0 Å². The molecule has 3 saturated carbocycles. The molecule has 0 aromatic carbocycles. The van der Waals surface area contributed by atoms with Gasteiger partial charge in [0, 0.05) is 0 Å². The van der Waals surface area contributed by atoms with E-state index >= 15 is 0 Å². The molecule has 0 heterocycles. The van der Waals surface area contributed by atoms with E-state index in [-0.39, 0.29) is 5.60 Å². The predicted molar refractivity (Wildman–Crippen MR) is 70.8 cm³/mol. The number of rotatable bonds is 3. The van der Waals surface area contributed by atoms with Crippen LogP contribution in [0, 0.1) is 17.8 Å². The van der Waals surface area contributed by atoms with E-state index in [2.05, 4.69) is 0 Å². The smallest absolute Gasteiger partial charge is 0.0650 e. The van der Waals surface area contributed by atoms with Crippen molar-refractivity contribution in [1.82, 2.24) is 0 Å². The fraction of sp³-hybridized carbons (Fsp3) is 1.00. The maximum Gasteiger partial charge on any atom is 0.0650 e. The lowest BCUT2D eigenvalue weighted by atomic mass is 9.68. The average molecular weight is 236 g/mol. The summed E-state index contributed by atoms with van der Waals surface area (Å²) in [7, 11) is 0. The highest BCUT2D eigenvalue weighted by Gasteiger charge is 2.38. The summed E-state index contributed by atoms with van der Waals surface area (Å²) in [6.45, 7) is 0. The highest BCUT2D eigenvalue weighted by atomic mass is 16.3. The molecule has 0 bridgehead atoms. The van der Waals surface area contributed by atoms with E-state index < -0.39 is 0 Å². The SMILES string of the molecule is OC1(CC2CCC2)CCC(C2CCCC2)CC1. The summed E-state index contributed by atoms with van der Waals surface area (Å²) in [6, 6.07) is 0. The summed E-state index contributed by atoms with van der Waals surface area (Å²) in [6.07, 6.45) is 16.0. The quantitative estimate of drug-likeness (QED) is 0.775. The molecule has 0 aromatic rings. The van der Waals surface area contributed by atoms with Crippen LogP contribution >= 0.6 is 0 Å². The van der Waals surface area contributed by atoms with E-state index in [0.717, 1.165) is 37.0 Å². The predicted octanol–water partition coefficient (Wildman–Crippen LogP) is 4.29. The topological polar surface area (TPSA) is 20.2 Å². The zero-order valence-electron chi connectivity index (χ0n) is 11.2. The van der Waals surface area contributed by atoms with Gasteiger partial charge in [0.05, 0.1) is 5.60 Å².